The summed E-state index contributed by atoms with van der Waals surface area (Å²) in [5.74, 6) is 0. The fourth-order valence-corrected chi connectivity index (χ4v) is 4.91. The van der Waals surface area contributed by atoms with Gasteiger partial charge in [0.05, 0.1) is 4.90 Å². The Labute approximate surface area is 118 Å². The van der Waals surface area contributed by atoms with Crippen LogP contribution in [0.1, 0.15) is 26.7 Å². The average molecular weight is 308 g/mol. The summed E-state index contributed by atoms with van der Waals surface area (Å²) in [4.78, 5) is 0.162. The van der Waals surface area contributed by atoms with E-state index in [1.807, 2.05) is 13.8 Å². The largest absolute Gasteiger partial charge is 0.243 e. The van der Waals surface area contributed by atoms with Crippen LogP contribution < -0.4 is 0 Å². The molecule has 0 saturated carbocycles. The molecule has 0 aromatic heterocycles. The third-order valence-electron chi connectivity index (χ3n) is 3.25. The smallest absolute Gasteiger partial charge is 0.207 e. The van der Waals surface area contributed by atoms with Crippen molar-refractivity contribution in [2.24, 2.45) is 0 Å². The molecular weight excluding hydrogens is 293 g/mol. The first-order valence-electron chi connectivity index (χ1n) is 5.72. The highest BCUT2D eigenvalue weighted by Gasteiger charge is 2.40. The van der Waals surface area contributed by atoms with Gasteiger partial charge in [-0.05, 0) is 44.9 Å². The molecule has 2 rings (SSSR count). The summed E-state index contributed by atoms with van der Waals surface area (Å²) < 4.78 is 26.7. The Morgan fingerprint density at radius 3 is 2.17 bits per heavy atom. The molecule has 1 saturated heterocycles. The maximum Gasteiger partial charge on any atom is 0.243 e. The number of rotatable bonds is 2. The highest BCUT2D eigenvalue weighted by Crippen LogP contribution is 2.35. The molecule has 18 heavy (non-hydrogen) atoms. The lowest BCUT2D eigenvalue weighted by Gasteiger charge is -2.30. The molecule has 0 aliphatic carbocycles. The van der Waals surface area contributed by atoms with Crippen LogP contribution in [0.3, 0.4) is 0 Å². The van der Waals surface area contributed by atoms with Gasteiger partial charge >= 0.3 is 0 Å². The van der Waals surface area contributed by atoms with Gasteiger partial charge in [-0.25, -0.2) is 8.42 Å². The molecule has 100 valence electrons. The fourth-order valence-electron chi connectivity index (χ4n) is 2.33. The van der Waals surface area contributed by atoms with Crippen molar-refractivity contribution in [3.05, 3.63) is 28.2 Å². The molecule has 1 heterocycles. The van der Waals surface area contributed by atoms with Gasteiger partial charge in [0.1, 0.15) is 0 Å². The van der Waals surface area contributed by atoms with Gasteiger partial charge in [0.2, 0.25) is 10.0 Å². The monoisotopic (exact) mass is 307 g/mol. The van der Waals surface area contributed by atoms with E-state index in [1.165, 1.54) is 22.5 Å². The number of hydrogen-bond acceptors (Lipinski definition) is 2. The first-order chi connectivity index (χ1) is 8.23. The van der Waals surface area contributed by atoms with Gasteiger partial charge in [-0.15, -0.1) is 0 Å². The number of nitrogens with zero attached hydrogens (tertiary/aromatic N) is 1. The highest BCUT2D eigenvalue weighted by atomic mass is 35.5. The second-order valence-electron chi connectivity index (χ2n) is 5.10. The molecule has 1 aromatic carbocycles. The fraction of sp³-hybridized carbons (Fsp3) is 0.500. The number of benzene rings is 1. The van der Waals surface area contributed by atoms with E-state index in [0.717, 1.165) is 12.8 Å². The van der Waals surface area contributed by atoms with Crippen molar-refractivity contribution in [1.82, 2.24) is 4.31 Å². The van der Waals surface area contributed by atoms with E-state index in [4.69, 9.17) is 23.2 Å². The zero-order chi connectivity index (χ0) is 13.6. The lowest BCUT2D eigenvalue weighted by molar-refractivity contribution is 0.292. The lowest BCUT2D eigenvalue weighted by Crippen LogP contribution is -2.42. The van der Waals surface area contributed by atoms with E-state index < -0.39 is 10.0 Å². The van der Waals surface area contributed by atoms with Crippen LogP contribution in [0.2, 0.25) is 10.0 Å². The summed E-state index contributed by atoms with van der Waals surface area (Å²) in [6, 6.07) is 4.41. The number of sulfonamides is 1. The van der Waals surface area contributed by atoms with Crippen molar-refractivity contribution >= 4 is 33.2 Å². The van der Waals surface area contributed by atoms with Gasteiger partial charge in [-0.1, -0.05) is 23.2 Å². The molecule has 0 atom stereocenters. The number of halogens is 2. The molecular formula is C12H15Cl2NO2S. The molecule has 0 amide bonds. The Bertz CT molecular complexity index is 549. The van der Waals surface area contributed by atoms with Crippen LogP contribution in [0.15, 0.2) is 23.1 Å². The Hall–Kier alpha value is -0.290. The van der Waals surface area contributed by atoms with Gasteiger partial charge < -0.3 is 0 Å². The van der Waals surface area contributed by atoms with Crippen LogP contribution in [0.4, 0.5) is 0 Å². The quantitative estimate of drug-likeness (QED) is 0.838. The van der Waals surface area contributed by atoms with Crippen molar-refractivity contribution in [1.29, 1.82) is 0 Å². The van der Waals surface area contributed by atoms with Crippen LogP contribution in [0, 0.1) is 0 Å². The van der Waals surface area contributed by atoms with Crippen molar-refractivity contribution < 1.29 is 8.42 Å². The molecule has 0 spiro atoms. The van der Waals surface area contributed by atoms with Gasteiger partial charge in [-0.3, -0.25) is 0 Å². The Morgan fingerprint density at radius 1 is 1.17 bits per heavy atom. The SMILES string of the molecule is CC1(C)CCCN1S(=O)(=O)c1cc(Cl)cc(Cl)c1. The van der Waals surface area contributed by atoms with Crippen LogP contribution in [0.5, 0.6) is 0 Å². The van der Waals surface area contributed by atoms with E-state index >= 15 is 0 Å². The molecule has 3 nitrogen and oxygen atoms in total. The molecule has 1 aromatic rings. The van der Waals surface area contributed by atoms with Crippen LogP contribution in [-0.2, 0) is 10.0 Å². The van der Waals surface area contributed by atoms with E-state index in [1.54, 1.807) is 0 Å². The minimum absolute atomic E-state index is 0.162. The van der Waals surface area contributed by atoms with Crippen molar-refractivity contribution in [3.8, 4) is 0 Å². The maximum atomic E-state index is 12.6. The summed E-state index contributed by atoms with van der Waals surface area (Å²) in [6.45, 7) is 4.41. The zero-order valence-corrected chi connectivity index (χ0v) is 12.6. The van der Waals surface area contributed by atoms with Crippen molar-refractivity contribution in [2.75, 3.05) is 6.54 Å². The third-order valence-corrected chi connectivity index (χ3v) is 5.77. The van der Waals surface area contributed by atoms with Crippen LogP contribution in [0.25, 0.3) is 0 Å². The second-order valence-corrected chi connectivity index (χ2v) is 7.83. The van der Waals surface area contributed by atoms with E-state index in [9.17, 15) is 8.42 Å². The normalized spacial score (nSPS) is 20.2. The predicted molar refractivity (Wildman–Crippen MR) is 73.7 cm³/mol. The van der Waals surface area contributed by atoms with Gasteiger partial charge in [0.25, 0.3) is 0 Å². The summed E-state index contributed by atoms with van der Waals surface area (Å²) >= 11 is 11.7. The first kappa shape index (κ1) is 14.1. The van der Waals surface area contributed by atoms with Crippen molar-refractivity contribution in [3.63, 3.8) is 0 Å². The standard InChI is InChI=1S/C12H15Cl2NO2S/c1-12(2)4-3-5-15(12)18(16,17)11-7-9(13)6-10(14)8-11/h6-8H,3-5H2,1-2H3. The topological polar surface area (TPSA) is 37.4 Å². The molecule has 6 heteroatoms. The minimum atomic E-state index is -3.53. The lowest BCUT2D eigenvalue weighted by atomic mass is 10.0. The van der Waals surface area contributed by atoms with Crippen LogP contribution in [-0.4, -0.2) is 24.8 Å². The van der Waals surface area contributed by atoms with Gasteiger partial charge in [0.15, 0.2) is 0 Å². The molecule has 0 radical (unpaired) electrons. The molecule has 1 aliphatic rings. The third kappa shape index (κ3) is 2.52. The molecule has 0 N–H and O–H groups in total. The van der Waals surface area contributed by atoms with E-state index in [2.05, 4.69) is 0 Å². The molecule has 0 unspecified atom stereocenters. The summed E-state index contributed by atoms with van der Waals surface area (Å²) in [7, 11) is -3.53. The Morgan fingerprint density at radius 2 is 1.72 bits per heavy atom. The minimum Gasteiger partial charge on any atom is -0.207 e. The van der Waals surface area contributed by atoms with Gasteiger partial charge in [-0.2, -0.15) is 4.31 Å². The number of hydrogen-bond donors (Lipinski definition) is 0. The summed E-state index contributed by atoms with van der Waals surface area (Å²) in [5, 5.41) is 0.663. The maximum absolute atomic E-state index is 12.6. The second kappa shape index (κ2) is 4.67. The predicted octanol–water partition coefficient (Wildman–Crippen LogP) is 3.56. The summed E-state index contributed by atoms with van der Waals surface area (Å²) in [5.41, 5.74) is -0.354. The molecule has 1 fully saturated rings. The van der Waals surface area contributed by atoms with Gasteiger partial charge in [0, 0.05) is 22.1 Å². The van der Waals surface area contributed by atoms with Crippen LogP contribution >= 0.6 is 23.2 Å². The average Bonchev–Trinajstić information content (AvgIpc) is 2.57. The Kier molecular flexibility index (Phi) is 3.67. The first-order valence-corrected chi connectivity index (χ1v) is 7.92. The summed E-state index contributed by atoms with van der Waals surface area (Å²) in [6.07, 6.45) is 1.74. The highest BCUT2D eigenvalue weighted by molar-refractivity contribution is 7.89. The zero-order valence-electron chi connectivity index (χ0n) is 10.3. The van der Waals surface area contributed by atoms with E-state index in [-0.39, 0.29) is 10.4 Å². The molecule has 1 aliphatic heterocycles. The molecule has 0 bridgehead atoms. The Balaban J connectivity index is 2.48. The van der Waals surface area contributed by atoms with Crippen molar-refractivity contribution in [2.45, 2.75) is 37.1 Å². The van der Waals surface area contributed by atoms with E-state index in [0.29, 0.717) is 16.6 Å².